The number of benzene rings is 2. The molecule has 0 aliphatic carbocycles. The molecule has 1 aromatic heterocycles. The number of hydrogen-bond donors (Lipinski definition) is 1. The summed E-state index contributed by atoms with van der Waals surface area (Å²) >= 11 is 0. The maximum absolute atomic E-state index is 13.0. The molecular weight excluding hydrogens is 347 g/mol. The smallest absolute Gasteiger partial charge is 0.266 e. The molecule has 2 aromatic carbocycles. The first-order chi connectivity index (χ1) is 13.1. The highest BCUT2D eigenvalue weighted by atomic mass is 19.1. The SMILES string of the molecule is COc1cccc(NC(=O)C(C#N)=Cc2ccc(-c3ccc(F)cc3)o2)c1. The van der Waals surface area contributed by atoms with Crippen LogP contribution >= 0.6 is 0 Å². The minimum Gasteiger partial charge on any atom is -0.497 e. The van der Waals surface area contributed by atoms with Gasteiger partial charge in [0, 0.05) is 23.4 Å². The van der Waals surface area contributed by atoms with Crippen LogP contribution in [0.3, 0.4) is 0 Å². The molecule has 0 aliphatic rings. The zero-order valence-electron chi connectivity index (χ0n) is 14.4. The van der Waals surface area contributed by atoms with E-state index >= 15 is 0 Å². The molecule has 0 saturated carbocycles. The van der Waals surface area contributed by atoms with Crippen molar-refractivity contribution in [2.45, 2.75) is 0 Å². The van der Waals surface area contributed by atoms with Crippen LogP contribution < -0.4 is 10.1 Å². The average Bonchev–Trinajstić information content (AvgIpc) is 3.15. The molecular formula is C21H15FN2O3. The van der Waals surface area contributed by atoms with E-state index in [1.165, 1.54) is 25.3 Å². The largest absolute Gasteiger partial charge is 0.497 e. The number of methoxy groups -OCH3 is 1. The number of carbonyl (C=O) groups is 1. The first kappa shape index (κ1) is 18.0. The molecule has 1 heterocycles. The number of halogens is 1. The van der Waals surface area contributed by atoms with Gasteiger partial charge < -0.3 is 14.5 Å². The second kappa shape index (κ2) is 8.02. The molecule has 0 spiro atoms. The molecule has 0 radical (unpaired) electrons. The van der Waals surface area contributed by atoms with E-state index in [1.807, 2.05) is 6.07 Å². The second-order valence-electron chi connectivity index (χ2n) is 5.56. The molecule has 0 bridgehead atoms. The summed E-state index contributed by atoms with van der Waals surface area (Å²) in [5, 5.41) is 11.9. The van der Waals surface area contributed by atoms with Gasteiger partial charge in [-0.3, -0.25) is 4.79 Å². The normalized spacial score (nSPS) is 10.9. The molecule has 134 valence electrons. The molecule has 1 amide bonds. The third kappa shape index (κ3) is 4.41. The van der Waals surface area contributed by atoms with Crippen molar-refractivity contribution in [3.8, 4) is 23.1 Å². The number of ether oxygens (including phenoxy) is 1. The highest BCUT2D eigenvalue weighted by molar-refractivity contribution is 6.09. The van der Waals surface area contributed by atoms with Crippen LogP contribution in [0.25, 0.3) is 17.4 Å². The molecule has 0 saturated heterocycles. The Kier molecular flexibility index (Phi) is 5.33. The van der Waals surface area contributed by atoms with Gasteiger partial charge in [0.2, 0.25) is 0 Å². The van der Waals surface area contributed by atoms with Gasteiger partial charge in [-0.25, -0.2) is 4.39 Å². The van der Waals surface area contributed by atoms with E-state index in [-0.39, 0.29) is 11.4 Å². The van der Waals surface area contributed by atoms with Crippen LogP contribution in [0.1, 0.15) is 5.76 Å². The summed E-state index contributed by atoms with van der Waals surface area (Å²) in [7, 11) is 1.52. The van der Waals surface area contributed by atoms with Crippen LogP contribution in [0.2, 0.25) is 0 Å². The first-order valence-electron chi connectivity index (χ1n) is 8.02. The van der Waals surface area contributed by atoms with E-state index < -0.39 is 5.91 Å². The summed E-state index contributed by atoms with van der Waals surface area (Å²) in [4.78, 5) is 12.3. The fourth-order valence-electron chi connectivity index (χ4n) is 2.39. The summed E-state index contributed by atoms with van der Waals surface area (Å²) in [6.07, 6.45) is 1.35. The Bertz CT molecular complexity index is 1030. The molecule has 27 heavy (non-hydrogen) atoms. The van der Waals surface area contributed by atoms with Gasteiger partial charge in [0.15, 0.2) is 0 Å². The fourth-order valence-corrected chi connectivity index (χ4v) is 2.39. The standard InChI is InChI=1S/C21H15FN2O3/c1-26-18-4-2-3-17(12-18)24-21(25)15(13-23)11-19-9-10-20(27-19)14-5-7-16(22)8-6-14/h2-12H,1H3,(H,24,25). The van der Waals surface area contributed by atoms with E-state index in [4.69, 9.17) is 9.15 Å². The van der Waals surface area contributed by atoms with Crippen LogP contribution in [0.5, 0.6) is 5.75 Å². The van der Waals surface area contributed by atoms with Crippen LogP contribution in [0, 0.1) is 17.1 Å². The molecule has 0 fully saturated rings. The summed E-state index contributed by atoms with van der Waals surface area (Å²) in [6.45, 7) is 0. The average molecular weight is 362 g/mol. The van der Waals surface area contributed by atoms with Gasteiger partial charge in [-0.15, -0.1) is 0 Å². The predicted molar refractivity (Wildman–Crippen MR) is 99.3 cm³/mol. The number of furan rings is 1. The number of nitriles is 1. The summed E-state index contributed by atoms with van der Waals surface area (Å²) in [6, 6.07) is 17.8. The Morgan fingerprint density at radius 2 is 1.96 bits per heavy atom. The number of hydrogen-bond acceptors (Lipinski definition) is 4. The molecule has 6 heteroatoms. The van der Waals surface area contributed by atoms with Gasteiger partial charge >= 0.3 is 0 Å². The van der Waals surface area contributed by atoms with E-state index in [9.17, 15) is 14.4 Å². The zero-order chi connectivity index (χ0) is 19.2. The van der Waals surface area contributed by atoms with Gasteiger partial charge in [-0.2, -0.15) is 5.26 Å². The summed E-state index contributed by atoms with van der Waals surface area (Å²) in [5.74, 6) is 0.528. The van der Waals surface area contributed by atoms with Crippen LogP contribution in [-0.4, -0.2) is 13.0 Å². The topological polar surface area (TPSA) is 75.3 Å². The number of anilines is 1. The lowest BCUT2D eigenvalue weighted by molar-refractivity contribution is -0.112. The van der Waals surface area contributed by atoms with Gasteiger partial charge in [0.25, 0.3) is 5.91 Å². The van der Waals surface area contributed by atoms with Crippen molar-refractivity contribution in [2.75, 3.05) is 12.4 Å². The Morgan fingerprint density at radius 1 is 1.19 bits per heavy atom. The van der Waals surface area contributed by atoms with Crippen molar-refractivity contribution >= 4 is 17.7 Å². The summed E-state index contributed by atoms with van der Waals surface area (Å²) in [5.41, 5.74) is 1.08. The van der Waals surface area contributed by atoms with E-state index in [0.29, 0.717) is 28.5 Å². The monoisotopic (exact) mass is 362 g/mol. The highest BCUT2D eigenvalue weighted by Crippen LogP contribution is 2.24. The third-order valence-corrected chi connectivity index (χ3v) is 3.73. The van der Waals surface area contributed by atoms with Crippen molar-refractivity contribution in [1.29, 1.82) is 5.26 Å². The lowest BCUT2D eigenvalue weighted by Crippen LogP contribution is -2.13. The van der Waals surface area contributed by atoms with Crippen molar-refractivity contribution in [1.82, 2.24) is 0 Å². The predicted octanol–water partition coefficient (Wildman–Crippen LogP) is 4.64. The molecule has 0 aliphatic heterocycles. The molecule has 0 atom stereocenters. The number of nitrogens with zero attached hydrogens (tertiary/aromatic N) is 1. The number of amides is 1. The van der Waals surface area contributed by atoms with E-state index in [1.54, 1.807) is 48.5 Å². The van der Waals surface area contributed by atoms with Crippen molar-refractivity contribution < 1.29 is 18.3 Å². The maximum atomic E-state index is 13.0. The highest BCUT2D eigenvalue weighted by Gasteiger charge is 2.12. The number of rotatable bonds is 5. The van der Waals surface area contributed by atoms with Crippen molar-refractivity contribution in [3.63, 3.8) is 0 Å². The van der Waals surface area contributed by atoms with E-state index in [0.717, 1.165) is 0 Å². The quantitative estimate of drug-likeness (QED) is 0.530. The van der Waals surface area contributed by atoms with E-state index in [2.05, 4.69) is 5.32 Å². The van der Waals surface area contributed by atoms with Crippen LogP contribution in [0.15, 0.2) is 70.7 Å². The Balaban J connectivity index is 1.78. The molecule has 3 aromatic rings. The Hall–Kier alpha value is -3.85. The second-order valence-corrected chi connectivity index (χ2v) is 5.56. The molecule has 1 N–H and O–H groups in total. The summed E-state index contributed by atoms with van der Waals surface area (Å²) < 4.78 is 23.7. The maximum Gasteiger partial charge on any atom is 0.266 e. The molecule has 0 unspecified atom stereocenters. The van der Waals surface area contributed by atoms with Gasteiger partial charge in [0.1, 0.15) is 34.7 Å². The fraction of sp³-hybridized carbons (Fsp3) is 0.0476. The van der Waals surface area contributed by atoms with Gasteiger partial charge in [-0.05, 0) is 48.5 Å². The third-order valence-electron chi connectivity index (χ3n) is 3.73. The lowest BCUT2D eigenvalue weighted by Gasteiger charge is -2.06. The van der Waals surface area contributed by atoms with Crippen molar-refractivity contribution in [3.05, 3.63) is 77.8 Å². The molecule has 5 nitrogen and oxygen atoms in total. The minimum absolute atomic E-state index is 0.113. The van der Waals surface area contributed by atoms with Gasteiger partial charge in [-0.1, -0.05) is 6.07 Å². The Labute approximate surface area is 155 Å². The first-order valence-corrected chi connectivity index (χ1v) is 8.02. The van der Waals surface area contributed by atoms with Crippen LogP contribution in [-0.2, 0) is 4.79 Å². The number of nitrogens with one attached hydrogen (secondary N) is 1. The lowest BCUT2D eigenvalue weighted by atomic mass is 10.2. The zero-order valence-corrected chi connectivity index (χ0v) is 14.4. The van der Waals surface area contributed by atoms with Crippen LogP contribution in [0.4, 0.5) is 10.1 Å². The molecule has 3 rings (SSSR count). The number of carbonyl (C=O) groups excluding carboxylic acids is 1. The minimum atomic E-state index is -0.564. The van der Waals surface area contributed by atoms with Gasteiger partial charge in [0.05, 0.1) is 7.11 Å². The van der Waals surface area contributed by atoms with Crippen molar-refractivity contribution in [2.24, 2.45) is 0 Å². The Morgan fingerprint density at radius 3 is 2.67 bits per heavy atom.